The van der Waals surface area contributed by atoms with Crippen LogP contribution in [0.15, 0.2) is 72.8 Å². The van der Waals surface area contributed by atoms with Crippen LogP contribution in [0.3, 0.4) is 0 Å². The lowest BCUT2D eigenvalue weighted by atomic mass is 10.0. The van der Waals surface area contributed by atoms with Gasteiger partial charge in [0.15, 0.2) is 0 Å². The molecule has 0 aliphatic carbocycles. The summed E-state index contributed by atoms with van der Waals surface area (Å²) < 4.78 is 8.53. The lowest BCUT2D eigenvalue weighted by molar-refractivity contribution is -0.120. The summed E-state index contributed by atoms with van der Waals surface area (Å²) in [6, 6.07) is 24.6. The van der Waals surface area contributed by atoms with Crippen molar-refractivity contribution >= 4 is 16.9 Å². The highest BCUT2D eigenvalue weighted by Gasteiger charge is 2.12. The van der Waals surface area contributed by atoms with Gasteiger partial charge in [0.2, 0.25) is 5.91 Å². The molecular formula is C31H37N3O2. The summed E-state index contributed by atoms with van der Waals surface area (Å²) in [5.74, 6) is 2.54. The molecule has 188 valence electrons. The van der Waals surface area contributed by atoms with E-state index in [9.17, 15) is 4.79 Å². The van der Waals surface area contributed by atoms with Crippen molar-refractivity contribution < 1.29 is 9.53 Å². The van der Waals surface area contributed by atoms with E-state index >= 15 is 0 Å². The van der Waals surface area contributed by atoms with Crippen LogP contribution in [0, 0.1) is 6.92 Å². The van der Waals surface area contributed by atoms with Crippen molar-refractivity contribution in [2.24, 2.45) is 0 Å². The molecule has 0 spiro atoms. The maximum absolute atomic E-state index is 12.3. The number of carbonyl (C=O) groups is 1. The van der Waals surface area contributed by atoms with Crippen LogP contribution in [0.2, 0.25) is 0 Å². The molecule has 1 heterocycles. The zero-order valence-electron chi connectivity index (χ0n) is 21.7. The van der Waals surface area contributed by atoms with Gasteiger partial charge < -0.3 is 14.6 Å². The fourth-order valence-corrected chi connectivity index (χ4v) is 4.53. The molecule has 0 saturated heterocycles. The van der Waals surface area contributed by atoms with Gasteiger partial charge in [-0.2, -0.15) is 0 Å². The smallest absolute Gasteiger partial charge is 0.224 e. The van der Waals surface area contributed by atoms with Gasteiger partial charge in [-0.05, 0) is 60.6 Å². The van der Waals surface area contributed by atoms with Crippen molar-refractivity contribution in [2.75, 3.05) is 13.2 Å². The summed E-state index contributed by atoms with van der Waals surface area (Å²) in [6.45, 7) is 8.65. The number of nitrogens with one attached hydrogen (secondary N) is 1. The van der Waals surface area contributed by atoms with Crippen molar-refractivity contribution in [2.45, 2.75) is 58.9 Å². The number of rotatable bonds is 12. The van der Waals surface area contributed by atoms with E-state index in [2.05, 4.69) is 67.1 Å². The Morgan fingerprint density at radius 2 is 1.78 bits per heavy atom. The third-order valence-electron chi connectivity index (χ3n) is 6.42. The summed E-state index contributed by atoms with van der Waals surface area (Å²) in [4.78, 5) is 17.2. The fraction of sp³-hybridized carbons (Fsp3) is 0.355. The third-order valence-corrected chi connectivity index (χ3v) is 6.42. The number of amides is 1. The number of aromatic nitrogens is 2. The number of nitrogens with zero attached hydrogens (tertiary/aromatic N) is 2. The van der Waals surface area contributed by atoms with Crippen molar-refractivity contribution in [1.29, 1.82) is 0 Å². The van der Waals surface area contributed by atoms with Gasteiger partial charge in [-0.3, -0.25) is 4.79 Å². The molecule has 0 aliphatic rings. The quantitative estimate of drug-likeness (QED) is 0.243. The minimum Gasteiger partial charge on any atom is -0.493 e. The van der Waals surface area contributed by atoms with Crippen LogP contribution in [0.1, 0.15) is 55.1 Å². The zero-order valence-corrected chi connectivity index (χ0v) is 21.7. The Hall–Kier alpha value is -3.60. The number of imidazole rings is 1. The van der Waals surface area contributed by atoms with Gasteiger partial charge in [0.25, 0.3) is 0 Å². The highest BCUT2D eigenvalue weighted by molar-refractivity contribution is 5.78. The maximum atomic E-state index is 12.3. The molecule has 0 fully saturated rings. The molecular weight excluding hydrogens is 446 g/mol. The highest BCUT2D eigenvalue weighted by atomic mass is 16.5. The molecule has 5 nitrogen and oxygen atoms in total. The van der Waals surface area contributed by atoms with Crippen molar-refractivity contribution in [3.05, 3.63) is 95.3 Å². The lowest BCUT2D eigenvalue weighted by Crippen LogP contribution is -2.26. The predicted molar refractivity (Wildman–Crippen MR) is 147 cm³/mol. The largest absolute Gasteiger partial charge is 0.493 e. The van der Waals surface area contributed by atoms with E-state index in [0.717, 1.165) is 54.0 Å². The lowest BCUT2D eigenvalue weighted by Gasteiger charge is -2.15. The van der Waals surface area contributed by atoms with Gasteiger partial charge in [-0.25, -0.2) is 4.98 Å². The van der Waals surface area contributed by atoms with E-state index in [1.165, 1.54) is 11.1 Å². The average Bonchev–Trinajstić information content (AvgIpc) is 3.22. The van der Waals surface area contributed by atoms with E-state index < -0.39 is 0 Å². The van der Waals surface area contributed by atoms with Crippen molar-refractivity contribution in [1.82, 2.24) is 14.9 Å². The normalized spacial score (nSPS) is 11.2. The molecule has 4 rings (SSSR count). The average molecular weight is 484 g/mol. The summed E-state index contributed by atoms with van der Waals surface area (Å²) in [5.41, 5.74) is 5.67. The van der Waals surface area contributed by atoms with E-state index in [1.54, 1.807) is 0 Å². The first-order valence-electron chi connectivity index (χ1n) is 13.0. The summed E-state index contributed by atoms with van der Waals surface area (Å²) in [7, 11) is 0. The number of hydrogen-bond acceptors (Lipinski definition) is 3. The number of carbonyl (C=O) groups excluding carboxylic acids is 1. The molecule has 0 bridgehead atoms. The fourth-order valence-electron chi connectivity index (χ4n) is 4.53. The summed E-state index contributed by atoms with van der Waals surface area (Å²) in [5, 5.41) is 3.05. The molecule has 36 heavy (non-hydrogen) atoms. The van der Waals surface area contributed by atoms with Gasteiger partial charge in [-0.1, -0.05) is 68.4 Å². The van der Waals surface area contributed by atoms with Crippen LogP contribution < -0.4 is 10.1 Å². The minimum absolute atomic E-state index is 0.0590. The standard InChI is InChI=1S/C31H37N3O2/c1-23(2)26-17-16-24(3)21-29(26)36-20-10-19-34-28-14-8-7-13-27(28)33-30(34)15-9-18-32-31(35)22-25-11-5-4-6-12-25/h4-8,11-14,16-17,21,23H,9-10,15,18-20,22H2,1-3H3,(H,32,35). The number of aryl methyl sites for hydroxylation is 3. The monoisotopic (exact) mass is 483 g/mol. The Labute approximate surface area is 214 Å². The second-order valence-electron chi connectivity index (χ2n) is 9.68. The number of benzene rings is 3. The van der Waals surface area contributed by atoms with Gasteiger partial charge >= 0.3 is 0 Å². The Bertz CT molecular complexity index is 1280. The zero-order chi connectivity index (χ0) is 25.3. The van der Waals surface area contributed by atoms with Gasteiger partial charge in [0, 0.05) is 19.5 Å². The molecule has 0 aliphatic heterocycles. The van der Waals surface area contributed by atoms with Crippen LogP contribution >= 0.6 is 0 Å². The van der Waals surface area contributed by atoms with Crippen LogP contribution in [-0.4, -0.2) is 28.6 Å². The van der Waals surface area contributed by atoms with Gasteiger partial charge in [0.05, 0.1) is 24.1 Å². The molecule has 0 atom stereocenters. The summed E-state index contributed by atoms with van der Waals surface area (Å²) >= 11 is 0. The molecule has 1 N–H and O–H groups in total. The highest BCUT2D eigenvalue weighted by Crippen LogP contribution is 2.27. The van der Waals surface area contributed by atoms with E-state index in [0.29, 0.717) is 25.5 Å². The summed E-state index contributed by atoms with van der Waals surface area (Å²) in [6.07, 6.45) is 2.98. The van der Waals surface area contributed by atoms with E-state index in [-0.39, 0.29) is 5.91 Å². The number of hydrogen-bond donors (Lipinski definition) is 1. The SMILES string of the molecule is Cc1ccc(C(C)C)c(OCCCn2c(CCCNC(=O)Cc3ccccc3)nc3ccccc32)c1. The second kappa shape index (κ2) is 12.4. The van der Waals surface area contributed by atoms with Crippen molar-refractivity contribution in [3.8, 4) is 5.75 Å². The second-order valence-corrected chi connectivity index (χ2v) is 9.68. The first kappa shape index (κ1) is 25.5. The van der Waals surface area contributed by atoms with Crippen LogP contribution in [0.25, 0.3) is 11.0 Å². The Kier molecular flexibility index (Phi) is 8.77. The molecule has 3 aromatic carbocycles. The predicted octanol–water partition coefficient (Wildman–Crippen LogP) is 6.23. The van der Waals surface area contributed by atoms with Gasteiger partial charge in [0.1, 0.15) is 11.6 Å². The number of ether oxygens (including phenoxy) is 1. The maximum Gasteiger partial charge on any atom is 0.224 e. The van der Waals surface area contributed by atoms with E-state index in [4.69, 9.17) is 9.72 Å². The first-order valence-corrected chi connectivity index (χ1v) is 13.0. The molecule has 5 heteroatoms. The molecule has 1 aromatic heterocycles. The third kappa shape index (κ3) is 6.75. The molecule has 0 radical (unpaired) electrons. The first-order chi connectivity index (χ1) is 17.5. The Morgan fingerprint density at radius 3 is 2.58 bits per heavy atom. The van der Waals surface area contributed by atoms with E-state index in [1.807, 2.05) is 36.4 Å². The molecule has 0 saturated carbocycles. The molecule has 0 unspecified atom stereocenters. The number of para-hydroxylation sites is 2. The van der Waals surface area contributed by atoms with Crippen LogP contribution in [0.4, 0.5) is 0 Å². The topological polar surface area (TPSA) is 56.1 Å². The number of fused-ring (bicyclic) bond motifs is 1. The molecule has 1 amide bonds. The van der Waals surface area contributed by atoms with Crippen LogP contribution in [0.5, 0.6) is 5.75 Å². The Balaban J connectivity index is 1.32. The Morgan fingerprint density at radius 1 is 1.00 bits per heavy atom. The van der Waals surface area contributed by atoms with Crippen molar-refractivity contribution in [3.63, 3.8) is 0 Å². The molecule has 4 aromatic rings. The van der Waals surface area contributed by atoms with Gasteiger partial charge in [-0.15, -0.1) is 0 Å². The minimum atomic E-state index is 0.0590. The van der Waals surface area contributed by atoms with Crippen LogP contribution in [-0.2, 0) is 24.2 Å².